The molecule has 2 aromatic rings. The fourth-order valence-electron chi connectivity index (χ4n) is 2.98. The van der Waals surface area contributed by atoms with Crippen molar-refractivity contribution in [3.63, 3.8) is 0 Å². The van der Waals surface area contributed by atoms with Crippen LogP contribution < -0.4 is 5.73 Å². The lowest BCUT2D eigenvalue weighted by atomic mass is 10.1. The van der Waals surface area contributed by atoms with Crippen LogP contribution in [0.25, 0.3) is 0 Å². The lowest BCUT2D eigenvalue weighted by molar-refractivity contribution is 0.0943. The summed E-state index contributed by atoms with van der Waals surface area (Å²) in [6.45, 7) is 6.01. The first-order valence-electron chi connectivity index (χ1n) is 7.99. The second-order valence-corrected chi connectivity index (χ2v) is 5.96. The Morgan fingerprint density at radius 3 is 2.46 bits per heavy atom. The van der Waals surface area contributed by atoms with Gasteiger partial charge < -0.3 is 10.3 Å². The minimum atomic E-state index is -0.551. The van der Waals surface area contributed by atoms with Crippen molar-refractivity contribution in [3.8, 4) is 0 Å². The number of halogens is 4. The molecule has 1 aromatic heterocycles. The molecule has 1 fully saturated rings. The number of nitrogens with two attached hydrogens (primary N) is 1. The van der Waals surface area contributed by atoms with E-state index in [1.807, 2.05) is 6.92 Å². The van der Waals surface area contributed by atoms with Crippen molar-refractivity contribution >= 4 is 24.8 Å². The summed E-state index contributed by atoms with van der Waals surface area (Å²) in [6.07, 6.45) is 0. The molecule has 0 bridgehead atoms. The van der Waals surface area contributed by atoms with Crippen LogP contribution in [0.3, 0.4) is 0 Å². The van der Waals surface area contributed by atoms with E-state index in [0.717, 1.165) is 32.2 Å². The van der Waals surface area contributed by atoms with Crippen LogP contribution in [0.15, 0.2) is 22.7 Å². The summed E-state index contributed by atoms with van der Waals surface area (Å²) in [5.41, 5.74) is 5.98. The van der Waals surface area contributed by atoms with Crippen LogP contribution in [0.2, 0.25) is 0 Å². The van der Waals surface area contributed by atoms with Gasteiger partial charge in [0, 0.05) is 43.9 Å². The van der Waals surface area contributed by atoms with Gasteiger partial charge in [0.05, 0.1) is 13.1 Å². The third kappa shape index (κ3) is 5.34. The van der Waals surface area contributed by atoms with Crippen LogP contribution in [-0.2, 0) is 13.1 Å². The zero-order valence-corrected chi connectivity index (χ0v) is 16.0. The van der Waals surface area contributed by atoms with E-state index in [1.165, 1.54) is 12.1 Å². The number of hydrogen-bond donors (Lipinski definition) is 1. The molecule has 0 spiro atoms. The largest absolute Gasteiger partial charge is 0.338 e. The SMILES string of the molecule is CC(c1ccc(F)cc1F)N1CCN(Cc2noc(CN)n2)CC1.Cl.Cl. The molecule has 1 saturated heterocycles. The number of hydrogen-bond acceptors (Lipinski definition) is 6. The third-order valence-corrected chi connectivity index (χ3v) is 4.42. The van der Waals surface area contributed by atoms with E-state index < -0.39 is 11.6 Å². The highest BCUT2D eigenvalue weighted by molar-refractivity contribution is 5.85. The van der Waals surface area contributed by atoms with E-state index >= 15 is 0 Å². The van der Waals surface area contributed by atoms with Crippen LogP contribution in [-0.4, -0.2) is 46.1 Å². The Labute approximate surface area is 163 Å². The monoisotopic (exact) mass is 409 g/mol. The molecule has 1 unspecified atom stereocenters. The molecule has 0 aliphatic carbocycles. The number of nitrogens with zero attached hydrogens (tertiary/aromatic N) is 4. The minimum Gasteiger partial charge on any atom is -0.338 e. The number of aromatic nitrogens is 2. The van der Waals surface area contributed by atoms with Crippen LogP contribution in [0.4, 0.5) is 8.78 Å². The second kappa shape index (κ2) is 10.1. The van der Waals surface area contributed by atoms with Gasteiger partial charge in [-0.25, -0.2) is 8.78 Å². The van der Waals surface area contributed by atoms with Gasteiger partial charge in [0.15, 0.2) is 5.82 Å². The first kappa shape index (κ1) is 22.7. The normalized spacial score (nSPS) is 16.6. The van der Waals surface area contributed by atoms with Crippen LogP contribution in [0, 0.1) is 11.6 Å². The molecule has 0 amide bonds. The Morgan fingerprint density at radius 1 is 1.19 bits per heavy atom. The highest BCUT2D eigenvalue weighted by Crippen LogP contribution is 2.24. The molecule has 1 aliphatic heterocycles. The average molecular weight is 410 g/mol. The molecular formula is C16H23Cl2F2N5O. The zero-order valence-electron chi connectivity index (χ0n) is 14.4. The quantitative estimate of drug-likeness (QED) is 0.817. The second-order valence-electron chi connectivity index (χ2n) is 5.96. The maximum Gasteiger partial charge on any atom is 0.240 e. The standard InChI is InChI=1S/C16H21F2N5O.2ClH/c1-11(13-3-2-12(17)8-14(13)18)23-6-4-22(5-7-23)10-15-20-16(9-19)24-21-15;;/h2-3,8,11H,4-7,9-10,19H2,1H3;2*1H. The summed E-state index contributed by atoms with van der Waals surface area (Å²) in [4.78, 5) is 8.61. The van der Waals surface area contributed by atoms with E-state index in [9.17, 15) is 8.78 Å². The van der Waals surface area contributed by atoms with E-state index in [2.05, 4.69) is 19.9 Å². The summed E-state index contributed by atoms with van der Waals surface area (Å²) in [7, 11) is 0. The summed E-state index contributed by atoms with van der Waals surface area (Å²) in [6, 6.07) is 3.67. The highest BCUT2D eigenvalue weighted by Gasteiger charge is 2.24. The lowest BCUT2D eigenvalue weighted by Crippen LogP contribution is -2.46. The third-order valence-electron chi connectivity index (χ3n) is 4.42. The fraction of sp³-hybridized carbons (Fsp3) is 0.500. The van der Waals surface area contributed by atoms with E-state index in [-0.39, 0.29) is 37.4 Å². The predicted octanol–water partition coefficient (Wildman–Crippen LogP) is 2.53. The van der Waals surface area contributed by atoms with E-state index in [4.69, 9.17) is 10.3 Å². The van der Waals surface area contributed by atoms with Crippen LogP contribution in [0.1, 0.15) is 30.2 Å². The maximum atomic E-state index is 13.9. The van der Waals surface area contributed by atoms with Crippen LogP contribution >= 0.6 is 24.8 Å². The Hall–Kier alpha value is -1.32. The molecule has 10 heteroatoms. The molecule has 146 valence electrons. The van der Waals surface area contributed by atoms with Gasteiger partial charge in [-0.05, 0) is 13.0 Å². The van der Waals surface area contributed by atoms with Crippen molar-refractivity contribution < 1.29 is 13.3 Å². The molecule has 0 saturated carbocycles. The van der Waals surface area contributed by atoms with Crippen LogP contribution in [0.5, 0.6) is 0 Å². The molecule has 26 heavy (non-hydrogen) atoms. The van der Waals surface area contributed by atoms with Gasteiger partial charge in [0.1, 0.15) is 11.6 Å². The summed E-state index contributed by atoms with van der Waals surface area (Å²) >= 11 is 0. The van der Waals surface area contributed by atoms with Crippen molar-refractivity contribution in [2.24, 2.45) is 5.73 Å². The molecule has 1 aromatic carbocycles. The summed E-state index contributed by atoms with van der Waals surface area (Å²) < 4.78 is 32.0. The zero-order chi connectivity index (χ0) is 17.1. The van der Waals surface area contributed by atoms with Gasteiger partial charge >= 0.3 is 0 Å². The van der Waals surface area contributed by atoms with Crippen molar-refractivity contribution in [2.45, 2.75) is 26.1 Å². The van der Waals surface area contributed by atoms with E-state index in [0.29, 0.717) is 23.8 Å². The van der Waals surface area contributed by atoms with Crippen molar-refractivity contribution in [1.29, 1.82) is 0 Å². The Bertz CT molecular complexity index is 695. The Balaban J connectivity index is 0.00000169. The van der Waals surface area contributed by atoms with Gasteiger partial charge in [0.2, 0.25) is 5.89 Å². The van der Waals surface area contributed by atoms with Gasteiger partial charge in [-0.3, -0.25) is 9.80 Å². The van der Waals surface area contributed by atoms with Gasteiger partial charge in [-0.2, -0.15) is 4.98 Å². The van der Waals surface area contributed by atoms with E-state index in [1.54, 1.807) is 0 Å². The van der Waals surface area contributed by atoms with Crippen molar-refractivity contribution in [2.75, 3.05) is 26.2 Å². The summed E-state index contributed by atoms with van der Waals surface area (Å²) in [5.74, 6) is 0.0156. The maximum absolute atomic E-state index is 13.9. The average Bonchev–Trinajstić information content (AvgIpc) is 3.03. The fourth-order valence-corrected chi connectivity index (χ4v) is 2.98. The number of benzene rings is 1. The number of rotatable bonds is 5. The smallest absolute Gasteiger partial charge is 0.240 e. The molecular weight excluding hydrogens is 387 g/mol. The minimum absolute atomic E-state index is 0. The molecule has 0 radical (unpaired) electrons. The number of piperazine rings is 1. The lowest BCUT2D eigenvalue weighted by Gasteiger charge is -2.37. The molecule has 2 N–H and O–H groups in total. The Morgan fingerprint density at radius 2 is 1.88 bits per heavy atom. The van der Waals surface area contributed by atoms with Gasteiger partial charge in [-0.1, -0.05) is 11.2 Å². The molecule has 1 aliphatic rings. The highest BCUT2D eigenvalue weighted by atomic mass is 35.5. The topological polar surface area (TPSA) is 71.4 Å². The van der Waals surface area contributed by atoms with Gasteiger partial charge in [-0.15, -0.1) is 24.8 Å². The predicted molar refractivity (Wildman–Crippen MR) is 98.3 cm³/mol. The summed E-state index contributed by atoms with van der Waals surface area (Å²) in [5, 5.41) is 3.90. The first-order valence-corrected chi connectivity index (χ1v) is 7.99. The van der Waals surface area contributed by atoms with Crippen molar-refractivity contribution in [1.82, 2.24) is 19.9 Å². The first-order chi connectivity index (χ1) is 11.6. The van der Waals surface area contributed by atoms with Crippen molar-refractivity contribution in [3.05, 3.63) is 47.1 Å². The Kier molecular flexibility index (Phi) is 8.85. The molecule has 2 heterocycles. The molecule has 3 rings (SSSR count). The van der Waals surface area contributed by atoms with Gasteiger partial charge in [0.25, 0.3) is 0 Å². The molecule has 1 atom stereocenters. The molecule has 6 nitrogen and oxygen atoms in total.